The monoisotopic (exact) mass is 315 g/mol. The van der Waals surface area contributed by atoms with Gasteiger partial charge < -0.3 is 9.88 Å². The molecule has 7 heteroatoms. The molecular formula is C14H25N3O3S. The summed E-state index contributed by atoms with van der Waals surface area (Å²) in [5, 5.41) is 8.17. The van der Waals surface area contributed by atoms with Crippen LogP contribution in [0.2, 0.25) is 0 Å². The van der Waals surface area contributed by atoms with Crippen LogP contribution in [-0.4, -0.2) is 24.4 Å². The number of hydrogen-bond acceptors (Lipinski definition) is 3. The summed E-state index contributed by atoms with van der Waals surface area (Å²) in [6.45, 7) is 8.43. The number of aromatic nitrogens is 1. The van der Waals surface area contributed by atoms with Gasteiger partial charge in [-0.05, 0) is 32.3 Å². The summed E-state index contributed by atoms with van der Waals surface area (Å²) in [5.41, 5.74) is 0.0584. The molecule has 0 saturated heterocycles. The van der Waals surface area contributed by atoms with E-state index in [0.29, 0.717) is 12.2 Å². The second-order valence-corrected chi connectivity index (χ2v) is 6.75. The Morgan fingerprint density at radius 1 is 1.24 bits per heavy atom. The quantitative estimate of drug-likeness (QED) is 0.804. The molecule has 0 saturated carbocycles. The molecule has 0 aliphatic heterocycles. The van der Waals surface area contributed by atoms with Crippen LogP contribution in [0.15, 0.2) is 17.2 Å². The Bertz CT molecular complexity index is 593. The summed E-state index contributed by atoms with van der Waals surface area (Å²) >= 11 is 0. The second kappa shape index (κ2) is 6.62. The van der Waals surface area contributed by atoms with Crippen LogP contribution in [0, 0.1) is 0 Å². The van der Waals surface area contributed by atoms with Crippen LogP contribution in [0.5, 0.6) is 0 Å². The molecule has 1 amide bonds. The van der Waals surface area contributed by atoms with E-state index in [0.717, 1.165) is 19.3 Å². The van der Waals surface area contributed by atoms with Gasteiger partial charge in [-0.25, -0.2) is 13.6 Å². The van der Waals surface area contributed by atoms with Crippen LogP contribution in [0.25, 0.3) is 0 Å². The predicted molar refractivity (Wildman–Crippen MR) is 82.5 cm³/mol. The molecular weight excluding hydrogens is 290 g/mol. The number of rotatable bonds is 7. The van der Waals surface area contributed by atoms with Crippen molar-refractivity contribution in [1.82, 2.24) is 9.88 Å². The van der Waals surface area contributed by atoms with Crippen molar-refractivity contribution in [3.05, 3.63) is 18.0 Å². The van der Waals surface area contributed by atoms with Gasteiger partial charge in [-0.15, -0.1) is 0 Å². The zero-order valence-corrected chi connectivity index (χ0v) is 14.0. The maximum absolute atomic E-state index is 12.5. The molecule has 1 aromatic rings. The minimum Gasteiger partial charge on any atom is -0.345 e. The fraction of sp³-hybridized carbons (Fsp3) is 0.643. The Kier molecular flexibility index (Phi) is 5.58. The highest BCUT2D eigenvalue weighted by atomic mass is 32.2. The SMILES string of the molecule is CCn1cc(S(N)(=O)=O)cc1C(=O)NC(CC)(CC)CC. The minimum atomic E-state index is -3.81. The van der Waals surface area contributed by atoms with Gasteiger partial charge in [0, 0.05) is 18.3 Å². The lowest BCUT2D eigenvalue weighted by molar-refractivity contribution is 0.0878. The summed E-state index contributed by atoms with van der Waals surface area (Å²) in [5.74, 6) is -0.266. The van der Waals surface area contributed by atoms with Gasteiger partial charge in [0.25, 0.3) is 5.91 Å². The standard InChI is InChI=1S/C14H25N3O3S/c1-5-14(6-2,7-3)16-13(18)12-9-11(21(15,19)20)10-17(12)8-4/h9-10H,5-8H2,1-4H3,(H,16,18)(H2,15,19,20). The number of carbonyl (C=O) groups excluding carboxylic acids is 1. The number of nitrogens with one attached hydrogen (secondary N) is 1. The molecule has 3 N–H and O–H groups in total. The van der Waals surface area contributed by atoms with Gasteiger partial charge in [-0.2, -0.15) is 0 Å². The van der Waals surface area contributed by atoms with E-state index in [-0.39, 0.29) is 16.3 Å². The van der Waals surface area contributed by atoms with Gasteiger partial charge >= 0.3 is 0 Å². The Hall–Kier alpha value is -1.34. The number of nitrogens with two attached hydrogens (primary N) is 1. The first-order valence-corrected chi connectivity index (χ1v) is 8.83. The highest BCUT2D eigenvalue weighted by Gasteiger charge is 2.28. The molecule has 0 radical (unpaired) electrons. The van der Waals surface area contributed by atoms with Gasteiger partial charge in [-0.3, -0.25) is 4.79 Å². The van der Waals surface area contributed by atoms with E-state index in [1.807, 2.05) is 27.7 Å². The number of sulfonamides is 1. The fourth-order valence-corrected chi connectivity index (χ4v) is 2.96. The molecule has 120 valence electrons. The van der Waals surface area contributed by atoms with Crippen molar-refractivity contribution in [1.29, 1.82) is 0 Å². The van der Waals surface area contributed by atoms with Gasteiger partial charge in [0.15, 0.2) is 0 Å². The lowest BCUT2D eigenvalue weighted by Crippen LogP contribution is -2.47. The van der Waals surface area contributed by atoms with Crippen molar-refractivity contribution in [2.24, 2.45) is 5.14 Å². The number of primary sulfonamides is 1. The highest BCUT2D eigenvalue weighted by Crippen LogP contribution is 2.21. The fourth-order valence-electron chi connectivity index (χ4n) is 2.41. The van der Waals surface area contributed by atoms with Crippen LogP contribution in [0.4, 0.5) is 0 Å². The van der Waals surface area contributed by atoms with Crippen molar-refractivity contribution in [2.75, 3.05) is 0 Å². The topological polar surface area (TPSA) is 94.2 Å². The average Bonchev–Trinajstić information content (AvgIpc) is 2.89. The third-order valence-corrected chi connectivity index (χ3v) is 5.06. The largest absolute Gasteiger partial charge is 0.345 e. The molecule has 0 bridgehead atoms. The Balaban J connectivity index is 3.16. The molecule has 0 aromatic carbocycles. The first-order chi connectivity index (χ1) is 9.72. The predicted octanol–water partition coefficient (Wildman–Crippen LogP) is 1.85. The van der Waals surface area contributed by atoms with E-state index in [4.69, 9.17) is 5.14 Å². The normalized spacial score (nSPS) is 12.4. The molecule has 1 aromatic heterocycles. The van der Waals surface area contributed by atoms with Crippen molar-refractivity contribution < 1.29 is 13.2 Å². The number of aryl methyl sites for hydroxylation is 1. The third-order valence-electron chi connectivity index (χ3n) is 4.18. The Labute approximate surface area is 126 Å². The van der Waals surface area contributed by atoms with Gasteiger partial charge in [0.1, 0.15) is 10.6 Å². The van der Waals surface area contributed by atoms with Crippen molar-refractivity contribution in [2.45, 2.75) is 63.9 Å². The summed E-state index contributed by atoms with van der Waals surface area (Å²) in [6, 6.07) is 1.33. The van der Waals surface area contributed by atoms with E-state index in [1.165, 1.54) is 12.3 Å². The van der Waals surface area contributed by atoms with E-state index in [9.17, 15) is 13.2 Å². The molecule has 6 nitrogen and oxygen atoms in total. The van der Waals surface area contributed by atoms with E-state index in [2.05, 4.69) is 5.32 Å². The van der Waals surface area contributed by atoms with E-state index in [1.54, 1.807) is 4.57 Å². The van der Waals surface area contributed by atoms with E-state index >= 15 is 0 Å². The molecule has 0 spiro atoms. The summed E-state index contributed by atoms with van der Waals surface area (Å²) in [4.78, 5) is 12.5. The Morgan fingerprint density at radius 3 is 2.14 bits per heavy atom. The van der Waals surface area contributed by atoms with E-state index < -0.39 is 10.0 Å². The van der Waals surface area contributed by atoms with Crippen molar-refractivity contribution in [3.63, 3.8) is 0 Å². The van der Waals surface area contributed by atoms with Crippen LogP contribution < -0.4 is 10.5 Å². The summed E-state index contributed by atoms with van der Waals surface area (Å²) in [7, 11) is -3.81. The average molecular weight is 315 g/mol. The first-order valence-electron chi connectivity index (χ1n) is 7.28. The molecule has 0 aliphatic carbocycles. The second-order valence-electron chi connectivity index (χ2n) is 5.19. The zero-order chi connectivity index (χ0) is 16.3. The van der Waals surface area contributed by atoms with Crippen LogP contribution in [-0.2, 0) is 16.6 Å². The summed E-state index contributed by atoms with van der Waals surface area (Å²) in [6.07, 6.45) is 3.86. The smallest absolute Gasteiger partial charge is 0.268 e. The van der Waals surface area contributed by atoms with Crippen molar-refractivity contribution in [3.8, 4) is 0 Å². The third kappa shape index (κ3) is 3.85. The minimum absolute atomic E-state index is 0.0374. The highest BCUT2D eigenvalue weighted by molar-refractivity contribution is 7.89. The van der Waals surface area contributed by atoms with Gasteiger partial charge in [0.2, 0.25) is 10.0 Å². The molecule has 1 rings (SSSR count). The lowest BCUT2D eigenvalue weighted by atomic mass is 9.89. The number of hydrogen-bond donors (Lipinski definition) is 2. The lowest BCUT2D eigenvalue weighted by Gasteiger charge is -2.31. The molecule has 1 heterocycles. The molecule has 0 fully saturated rings. The van der Waals surface area contributed by atoms with Gasteiger partial charge in [-0.1, -0.05) is 20.8 Å². The van der Waals surface area contributed by atoms with Crippen LogP contribution >= 0.6 is 0 Å². The number of carbonyl (C=O) groups is 1. The molecule has 0 unspecified atom stereocenters. The Morgan fingerprint density at radius 2 is 1.76 bits per heavy atom. The van der Waals surface area contributed by atoms with Crippen LogP contribution in [0.1, 0.15) is 57.4 Å². The first kappa shape index (κ1) is 17.7. The maximum Gasteiger partial charge on any atom is 0.268 e. The summed E-state index contributed by atoms with van der Waals surface area (Å²) < 4.78 is 24.4. The molecule has 21 heavy (non-hydrogen) atoms. The zero-order valence-electron chi connectivity index (χ0n) is 13.1. The number of amides is 1. The maximum atomic E-state index is 12.5. The van der Waals surface area contributed by atoms with Crippen molar-refractivity contribution >= 4 is 15.9 Å². The van der Waals surface area contributed by atoms with Gasteiger partial charge in [0.05, 0.1) is 0 Å². The van der Waals surface area contributed by atoms with Crippen LogP contribution in [0.3, 0.4) is 0 Å². The molecule has 0 aliphatic rings. The number of nitrogens with zero attached hydrogens (tertiary/aromatic N) is 1. The molecule has 0 atom stereocenters.